The van der Waals surface area contributed by atoms with Gasteiger partial charge >= 0.3 is 0 Å². The highest BCUT2D eigenvalue weighted by atomic mass is 35.5. The first kappa shape index (κ1) is 12.0. The van der Waals surface area contributed by atoms with E-state index < -0.39 is 0 Å². The Balaban J connectivity index is 2.10. The molecular weight excluding hydrogens is 265 g/mol. The van der Waals surface area contributed by atoms with Crippen molar-refractivity contribution in [3.63, 3.8) is 0 Å². The predicted molar refractivity (Wildman–Crippen MR) is 74.7 cm³/mol. The second kappa shape index (κ2) is 4.55. The monoisotopic (exact) mass is 275 g/mol. The second-order valence-electron chi connectivity index (χ2n) is 4.28. The van der Waals surface area contributed by atoms with Crippen LogP contribution < -0.4 is 5.73 Å². The van der Waals surface area contributed by atoms with Crippen LogP contribution in [0, 0.1) is 5.82 Å². The number of imidazole rings is 1. The Morgan fingerprint density at radius 3 is 2.79 bits per heavy atom. The largest absolute Gasteiger partial charge is 0.369 e. The van der Waals surface area contributed by atoms with E-state index in [4.69, 9.17) is 17.3 Å². The number of halogens is 2. The molecule has 1 aromatic heterocycles. The third-order valence-electron chi connectivity index (χ3n) is 3.03. The van der Waals surface area contributed by atoms with Crippen molar-refractivity contribution in [1.29, 1.82) is 0 Å². The van der Waals surface area contributed by atoms with Crippen LogP contribution in [0.4, 0.5) is 10.3 Å². The van der Waals surface area contributed by atoms with E-state index in [2.05, 4.69) is 4.98 Å². The lowest BCUT2D eigenvalue weighted by Gasteiger charge is -2.07. The molecule has 3 rings (SSSR count). The lowest BCUT2D eigenvalue weighted by molar-refractivity contribution is 0.602. The minimum absolute atomic E-state index is 0.252. The van der Waals surface area contributed by atoms with Crippen LogP contribution >= 0.6 is 11.6 Å². The van der Waals surface area contributed by atoms with E-state index in [1.807, 2.05) is 6.07 Å². The molecule has 0 atom stereocenters. The maximum atomic E-state index is 13.7. The van der Waals surface area contributed by atoms with Crippen molar-refractivity contribution < 1.29 is 4.39 Å². The molecule has 2 aromatic carbocycles. The minimum Gasteiger partial charge on any atom is -0.369 e. The lowest BCUT2D eigenvalue weighted by atomic mass is 10.2. The van der Waals surface area contributed by atoms with E-state index >= 15 is 0 Å². The number of nitrogen functional groups attached to an aromatic ring is 1. The van der Waals surface area contributed by atoms with Gasteiger partial charge in [-0.1, -0.05) is 29.8 Å². The fraction of sp³-hybridized carbons (Fsp3) is 0.0714. The highest BCUT2D eigenvalue weighted by Gasteiger charge is 2.10. The van der Waals surface area contributed by atoms with Crippen LogP contribution in [0.15, 0.2) is 42.5 Å². The molecule has 3 aromatic rings. The van der Waals surface area contributed by atoms with Crippen molar-refractivity contribution >= 4 is 28.6 Å². The SMILES string of the molecule is Nc1nc2cc(Cl)ccc2n1Cc1ccccc1F. The molecule has 0 saturated carbocycles. The van der Waals surface area contributed by atoms with E-state index in [-0.39, 0.29) is 5.82 Å². The van der Waals surface area contributed by atoms with E-state index in [9.17, 15) is 4.39 Å². The molecule has 0 unspecified atom stereocenters. The van der Waals surface area contributed by atoms with Gasteiger partial charge in [-0.05, 0) is 24.3 Å². The van der Waals surface area contributed by atoms with Gasteiger partial charge in [0.25, 0.3) is 0 Å². The van der Waals surface area contributed by atoms with Gasteiger partial charge in [0.1, 0.15) is 5.82 Å². The van der Waals surface area contributed by atoms with Crippen molar-refractivity contribution in [1.82, 2.24) is 9.55 Å². The third-order valence-corrected chi connectivity index (χ3v) is 3.26. The molecule has 0 fully saturated rings. The number of aromatic nitrogens is 2. The summed E-state index contributed by atoms with van der Waals surface area (Å²) in [6.45, 7) is 0.344. The van der Waals surface area contributed by atoms with E-state index in [1.165, 1.54) is 6.07 Å². The summed E-state index contributed by atoms with van der Waals surface area (Å²) in [5.41, 5.74) is 8.01. The third kappa shape index (κ3) is 2.15. The molecule has 0 aliphatic carbocycles. The van der Waals surface area contributed by atoms with Crippen molar-refractivity contribution in [2.75, 3.05) is 5.73 Å². The van der Waals surface area contributed by atoms with E-state index in [0.29, 0.717) is 28.6 Å². The number of benzene rings is 2. The van der Waals surface area contributed by atoms with Crippen LogP contribution in [0.3, 0.4) is 0 Å². The first-order chi connectivity index (χ1) is 9.15. The summed E-state index contributed by atoms with van der Waals surface area (Å²) < 4.78 is 15.4. The first-order valence-corrected chi connectivity index (χ1v) is 6.17. The van der Waals surface area contributed by atoms with Gasteiger partial charge in [-0.2, -0.15) is 0 Å². The fourth-order valence-corrected chi connectivity index (χ4v) is 2.25. The number of anilines is 1. The van der Waals surface area contributed by atoms with Crippen molar-refractivity contribution in [2.45, 2.75) is 6.54 Å². The Bertz CT molecular complexity index is 752. The number of hydrogen-bond acceptors (Lipinski definition) is 2. The summed E-state index contributed by atoms with van der Waals surface area (Å²) >= 11 is 5.92. The van der Waals surface area contributed by atoms with Crippen LogP contribution in [0.25, 0.3) is 11.0 Å². The molecule has 5 heteroatoms. The second-order valence-corrected chi connectivity index (χ2v) is 4.72. The van der Waals surface area contributed by atoms with Gasteiger partial charge in [0.05, 0.1) is 17.6 Å². The first-order valence-electron chi connectivity index (χ1n) is 5.80. The standard InChI is InChI=1S/C14H11ClFN3/c15-10-5-6-13-12(7-10)18-14(17)19(13)8-9-3-1-2-4-11(9)16/h1-7H,8H2,(H2,17,18). The molecule has 0 saturated heterocycles. The van der Waals surface area contributed by atoms with Crippen LogP contribution in [-0.2, 0) is 6.54 Å². The molecule has 0 spiro atoms. The van der Waals surface area contributed by atoms with Crippen LogP contribution in [0.2, 0.25) is 5.02 Å². The molecule has 96 valence electrons. The summed E-state index contributed by atoms with van der Waals surface area (Å²) in [4.78, 5) is 4.23. The maximum Gasteiger partial charge on any atom is 0.201 e. The molecule has 0 bridgehead atoms. The number of nitrogens with zero attached hydrogens (tertiary/aromatic N) is 2. The molecule has 0 amide bonds. The van der Waals surface area contributed by atoms with Crippen LogP contribution in [-0.4, -0.2) is 9.55 Å². The zero-order chi connectivity index (χ0) is 13.4. The Morgan fingerprint density at radius 2 is 2.00 bits per heavy atom. The lowest BCUT2D eigenvalue weighted by Crippen LogP contribution is -2.05. The molecular formula is C14H11ClFN3. The van der Waals surface area contributed by atoms with Crippen LogP contribution in [0.5, 0.6) is 0 Å². The quantitative estimate of drug-likeness (QED) is 0.778. The van der Waals surface area contributed by atoms with E-state index in [1.54, 1.807) is 34.9 Å². The zero-order valence-electron chi connectivity index (χ0n) is 9.98. The normalized spacial score (nSPS) is 11.1. The Morgan fingerprint density at radius 1 is 1.21 bits per heavy atom. The molecule has 1 heterocycles. The number of rotatable bonds is 2. The molecule has 0 radical (unpaired) electrons. The van der Waals surface area contributed by atoms with Gasteiger partial charge in [-0.25, -0.2) is 9.37 Å². The van der Waals surface area contributed by atoms with Crippen LogP contribution in [0.1, 0.15) is 5.56 Å². The van der Waals surface area contributed by atoms with Crippen molar-refractivity contribution in [3.8, 4) is 0 Å². The van der Waals surface area contributed by atoms with Gasteiger partial charge in [-0.3, -0.25) is 0 Å². The van der Waals surface area contributed by atoms with Gasteiger partial charge in [0.15, 0.2) is 0 Å². The summed E-state index contributed by atoms with van der Waals surface area (Å²) in [6, 6.07) is 12.0. The summed E-state index contributed by atoms with van der Waals surface area (Å²) in [6.07, 6.45) is 0. The summed E-state index contributed by atoms with van der Waals surface area (Å²) in [7, 11) is 0. The zero-order valence-corrected chi connectivity index (χ0v) is 10.7. The topological polar surface area (TPSA) is 43.8 Å². The average Bonchev–Trinajstić information content (AvgIpc) is 2.68. The fourth-order valence-electron chi connectivity index (χ4n) is 2.08. The maximum absolute atomic E-state index is 13.7. The smallest absolute Gasteiger partial charge is 0.201 e. The minimum atomic E-state index is -0.252. The molecule has 0 aliphatic heterocycles. The van der Waals surface area contributed by atoms with Crippen molar-refractivity contribution in [3.05, 3.63) is 58.9 Å². The Kier molecular flexibility index (Phi) is 2.87. The van der Waals surface area contributed by atoms with Crippen molar-refractivity contribution in [2.24, 2.45) is 0 Å². The number of nitrogens with two attached hydrogens (primary N) is 1. The van der Waals surface area contributed by atoms with E-state index in [0.717, 1.165) is 5.52 Å². The molecule has 0 aliphatic rings. The highest BCUT2D eigenvalue weighted by molar-refractivity contribution is 6.31. The number of fused-ring (bicyclic) bond motifs is 1. The Hall–Kier alpha value is -2.07. The Labute approximate surface area is 114 Å². The van der Waals surface area contributed by atoms with Gasteiger partial charge < -0.3 is 10.3 Å². The predicted octanol–water partition coefficient (Wildman–Crippen LogP) is 3.46. The highest BCUT2D eigenvalue weighted by Crippen LogP contribution is 2.23. The van der Waals surface area contributed by atoms with Gasteiger partial charge in [-0.15, -0.1) is 0 Å². The molecule has 3 nitrogen and oxygen atoms in total. The molecule has 19 heavy (non-hydrogen) atoms. The number of hydrogen-bond donors (Lipinski definition) is 1. The summed E-state index contributed by atoms with van der Waals surface area (Å²) in [5, 5.41) is 0.600. The van der Waals surface area contributed by atoms with Gasteiger partial charge in [0.2, 0.25) is 5.95 Å². The average molecular weight is 276 g/mol. The summed E-state index contributed by atoms with van der Waals surface area (Å²) in [5.74, 6) is 0.0956. The molecule has 2 N–H and O–H groups in total. The van der Waals surface area contributed by atoms with Gasteiger partial charge in [0, 0.05) is 10.6 Å².